The number of carbonyl (C=O) groups excluding carboxylic acids is 5. The summed E-state index contributed by atoms with van der Waals surface area (Å²) < 4.78 is 15.5. The summed E-state index contributed by atoms with van der Waals surface area (Å²) in [6, 6.07) is -1.68. The molecule has 0 saturated carbocycles. The SMILES string of the molecule is COCCOCCC(=O)NC1CC(C(=O)ON2C(=O)CCC2=O)N(C(=O)OC(C)(C)C)C1. The second-order valence-electron chi connectivity index (χ2n) is 8.50. The maximum Gasteiger partial charge on any atom is 0.411 e. The summed E-state index contributed by atoms with van der Waals surface area (Å²) >= 11 is 0. The Morgan fingerprint density at radius 1 is 1.06 bits per heavy atom. The van der Waals surface area contributed by atoms with Crippen LogP contribution < -0.4 is 5.32 Å². The molecule has 2 aliphatic heterocycles. The van der Waals surface area contributed by atoms with Crippen molar-refractivity contribution in [3.63, 3.8) is 0 Å². The standard InChI is InChI=1S/C20H31N3O9/c1-20(2,3)31-19(28)22-12-13(21-15(24)7-8-30-10-9-29-4)11-14(22)18(27)32-23-16(25)5-6-17(23)26/h13-14H,5-12H2,1-4H3,(H,21,24). The summed E-state index contributed by atoms with van der Waals surface area (Å²) in [5.41, 5.74) is -0.812. The smallest absolute Gasteiger partial charge is 0.411 e. The lowest BCUT2D eigenvalue weighted by molar-refractivity contribution is -0.200. The van der Waals surface area contributed by atoms with Crippen molar-refractivity contribution in [2.24, 2.45) is 0 Å². The number of nitrogens with zero attached hydrogens (tertiary/aromatic N) is 2. The van der Waals surface area contributed by atoms with E-state index in [0.29, 0.717) is 18.3 Å². The van der Waals surface area contributed by atoms with Gasteiger partial charge in [0.25, 0.3) is 11.8 Å². The van der Waals surface area contributed by atoms with Gasteiger partial charge >= 0.3 is 12.1 Å². The first-order chi connectivity index (χ1) is 15.0. The fourth-order valence-corrected chi connectivity index (χ4v) is 3.20. The zero-order chi connectivity index (χ0) is 23.9. The number of amides is 4. The zero-order valence-electron chi connectivity index (χ0n) is 18.9. The molecular formula is C20H31N3O9. The van der Waals surface area contributed by atoms with Crippen molar-refractivity contribution in [3.05, 3.63) is 0 Å². The highest BCUT2D eigenvalue weighted by molar-refractivity contribution is 6.02. The Bertz CT molecular complexity index is 718. The number of ether oxygens (including phenoxy) is 3. The van der Waals surface area contributed by atoms with Crippen molar-refractivity contribution in [2.45, 2.75) is 64.1 Å². The van der Waals surface area contributed by atoms with Crippen LogP contribution in [0.3, 0.4) is 0 Å². The van der Waals surface area contributed by atoms with Gasteiger partial charge in [-0.2, -0.15) is 0 Å². The number of nitrogens with one attached hydrogen (secondary N) is 1. The molecule has 0 aromatic carbocycles. The van der Waals surface area contributed by atoms with E-state index in [1.54, 1.807) is 27.9 Å². The first kappa shape index (κ1) is 25.5. The van der Waals surface area contributed by atoms with Gasteiger partial charge in [-0.15, -0.1) is 5.06 Å². The van der Waals surface area contributed by atoms with E-state index in [2.05, 4.69) is 5.32 Å². The molecule has 2 saturated heterocycles. The molecule has 32 heavy (non-hydrogen) atoms. The monoisotopic (exact) mass is 457 g/mol. The summed E-state index contributed by atoms with van der Waals surface area (Å²) in [6.45, 7) is 6.02. The second kappa shape index (κ2) is 11.2. The van der Waals surface area contributed by atoms with Crippen molar-refractivity contribution >= 4 is 29.8 Å². The lowest BCUT2D eigenvalue weighted by Gasteiger charge is -2.27. The number of likely N-dealkylation sites (tertiary alicyclic amines) is 1. The summed E-state index contributed by atoms with van der Waals surface area (Å²) in [7, 11) is 1.55. The third-order valence-corrected chi connectivity index (χ3v) is 4.66. The molecule has 0 bridgehead atoms. The van der Waals surface area contributed by atoms with Crippen molar-refractivity contribution in [3.8, 4) is 0 Å². The molecule has 2 heterocycles. The lowest BCUT2D eigenvalue weighted by Crippen LogP contribution is -2.46. The molecule has 12 nitrogen and oxygen atoms in total. The topological polar surface area (TPSA) is 141 Å². The van der Waals surface area contributed by atoms with Gasteiger partial charge < -0.3 is 24.4 Å². The van der Waals surface area contributed by atoms with Crippen LogP contribution in [0.4, 0.5) is 4.79 Å². The second-order valence-corrected chi connectivity index (χ2v) is 8.50. The minimum atomic E-state index is -1.13. The minimum absolute atomic E-state index is 0.00679. The molecule has 2 fully saturated rings. The number of hydroxylamine groups is 2. The summed E-state index contributed by atoms with van der Waals surface area (Å²) in [4.78, 5) is 67.2. The quantitative estimate of drug-likeness (QED) is 0.378. The van der Waals surface area contributed by atoms with Crippen LogP contribution in [-0.4, -0.2) is 90.9 Å². The van der Waals surface area contributed by atoms with E-state index in [1.165, 1.54) is 0 Å². The summed E-state index contributed by atoms with van der Waals surface area (Å²) in [5, 5.41) is 3.19. The van der Waals surface area contributed by atoms with Crippen molar-refractivity contribution in [1.29, 1.82) is 0 Å². The third kappa shape index (κ3) is 7.45. The van der Waals surface area contributed by atoms with E-state index in [4.69, 9.17) is 19.0 Å². The van der Waals surface area contributed by atoms with Gasteiger partial charge in [-0.3, -0.25) is 19.3 Å². The molecule has 12 heteroatoms. The number of imide groups is 1. The predicted molar refractivity (Wildman–Crippen MR) is 108 cm³/mol. The Hall–Kier alpha value is -2.73. The van der Waals surface area contributed by atoms with Gasteiger partial charge in [0.2, 0.25) is 5.91 Å². The van der Waals surface area contributed by atoms with Gasteiger partial charge in [0, 0.05) is 45.4 Å². The van der Waals surface area contributed by atoms with Gasteiger partial charge in [-0.25, -0.2) is 9.59 Å². The van der Waals surface area contributed by atoms with E-state index >= 15 is 0 Å². The molecule has 0 radical (unpaired) electrons. The Balaban J connectivity index is 2.00. The van der Waals surface area contributed by atoms with Gasteiger partial charge in [0.05, 0.1) is 19.8 Å². The third-order valence-electron chi connectivity index (χ3n) is 4.66. The van der Waals surface area contributed by atoms with Crippen LogP contribution in [0.15, 0.2) is 0 Å². The molecule has 180 valence electrons. The fourth-order valence-electron chi connectivity index (χ4n) is 3.20. The number of carbonyl (C=O) groups is 5. The minimum Gasteiger partial charge on any atom is -0.444 e. The molecule has 2 aliphatic rings. The lowest BCUT2D eigenvalue weighted by atomic mass is 10.1. The molecule has 1 N–H and O–H groups in total. The van der Waals surface area contributed by atoms with Crippen LogP contribution in [0.2, 0.25) is 0 Å². The van der Waals surface area contributed by atoms with E-state index in [9.17, 15) is 24.0 Å². The highest BCUT2D eigenvalue weighted by Gasteiger charge is 2.45. The Morgan fingerprint density at radius 2 is 1.72 bits per heavy atom. The molecule has 0 aliphatic carbocycles. The Labute approximate surface area is 186 Å². The summed E-state index contributed by atoms with van der Waals surface area (Å²) in [6.07, 6.45) is -0.712. The number of hydrogen-bond acceptors (Lipinski definition) is 9. The Morgan fingerprint density at radius 3 is 2.31 bits per heavy atom. The highest BCUT2D eigenvalue weighted by Crippen LogP contribution is 2.24. The van der Waals surface area contributed by atoms with Crippen molar-refractivity contribution < 1.29 is 43.0 Å². The predicted octanol–water partition coefficient (Wildman–Crippen LogP) is 0.141. The first-order valence-electron chi connectivity index (χ1n) is 10.4. The van der Waals surface area contributed by atoms with Gasteiger partial charge in [0.1, 0.15) is 11.6 Å². The summed E-state index contributed by atoms with van der Waals surface area (Å²) in [5.74, 6) is -2.50. The van der Waals surface area contributed by atoms with E-state index in [-0.39, 0.29) is 44.7 Å². The molecule has 0 spiro atoms. The molecule has 2 atom stereocenters. The van der Waals surface area contributed by atoms with Crippen molar-refractivity contribution in [1.82, 2.24) is 15.3 Å². The number of rotatable bonds is 9. The molecule has 0 aromatic rings. The van der Waals surface area contributed by atoms with Gasteiger partial charge in [0.15, 0.2) is 0 Å². The molecule has 2 unspecified atom stereocenters. The van der Waals surface area contributed by atoms with Gasteiger partial charge in [-0.05, 0) is 20.8 Å². The van der Waals surface area contributed by atoms with E-state index < -0.39 is 41.6 Å². The maximum atomic E-state index is 12.7. The first-order valence-corrected chi connectivity index (χ1v) is 10.4. The highest BCUT2D eigenvalue weighted by atomic mass is 16.7. The molecule has 4 amide bonds. The van der Waals surface area contributed by atoms with Crippen LogP contribution in [0, 0.1) is 0 Å². The van der Waals surface area contributed by atoms with Crippen molar-refractivity contribution in [2.75, 3.05) is 33.5 Å². The zero-order valence-corrected chi connectivity index (χ0v) is 18.9. The molecule has 2 rings (SSSR count). The van der Waals surface area contributed by atoms with Crippen LogP contribution in [0.1, 0.15) is 46.5 Å². The van der Waals surface area contributed by atoms with Gasteiger partial charge in [-0.1, -0.05) is 0 Å². The number of hydrogen-bond donors (Lipinski definition) is 1. The fraction of sp³-hybridized carbons (Fsp3) is 0.750. The average Bonchev–Trinajstić information content (AvgIpc) is 3.25. The van der Waals surface area contributed by atoms with Crippen LogP contribution in [0.5, 0.6) is 0 Å². The van der Waals surface area contributed by atoms with Crippen LogP contribution in [-0.2, 0) is 38.2 Å². The van der Waals surface area contributed by atoms with Crippen LogP contribution >= 0.6 is 0 Å². The Kier molecular flexibility index (Phi) is 8.96. The largest absolute Gasteiger partial charge is 0.444 e. The average molecular weight is 457 g/mol. The maximum absolute atomic E-state index is 12.7. The number of methoxy groups -OCH3 is 1. The molecule has 0 aromatic heterocycles. The van der Waals surface area contributed by atoms with Crippen LogP contribution in [0.25, 0.3) is 0 Å². The normalized spacial score (nSPS) is 21.1. The molecular weight excluding hydrogens is 426 g/mol. The van der Waals surface area contributed by atoms with E-state index in [1.807, 2.05) is 0 Å². The van der Waals surface area contributed by atoms with E-state index in [0.717, 1.165) is 4.90 Å².